The van der Waals surface area contributed by atoms with Crippen LogP contribution in [0.2, 0.25) is 0 Å². The highest BCUT2D eigenvalue weighted by Gasteiger charge is 2.29. The topological polar surface area (TPSA) is 18.5 Å². The fraction of sp³-hybridized carbons (Fsp3) is 1.00. The van der Waals surface area contributed by atoms with Crippen LogP contribution in [0.3, 0.4) is 0 Å². The van der Waals surface area contributed by atoms with E-state index in [9.17, 15) is 0 Å². The SMILES string of the molecule is C1COC(C2OCCS2)C1. The molecule has 0 spiro atoms. The Balaban J connectivity index is 1.85. The maximum absolute atomic E-state index is 5.49. The van der Waals surface area contributed by atoms with Gasteiger partial charge in [0.05, 0.1) is 12.7 Å². The summed E-state index contributed by atoms with van der Waals surface area (Å²) in [4.78, 5) is 0. The fourth-order valence-corrected chi connectivity index (χ4v) is 2.46. The van der Waals surface area contributed by atoms with E-state index in [4.69, 9.17) is 9.47 Å². The Labute approximate surface area is 65.3 Å². The molecule has 2 aliphatic heterocycles. The summed E-state index contributed by atoms with van der Waals surface area (Å²) < 4.78 is 11.0. The summed E-state index contributed by atoms with van der Waals surface area (Å²) in [6.45, 7) is 1.85. The van der Waals surface area contributed by atoms with Crippen molar-refractivity contribution < 1.29 is 9.47 Å². The van der Waals surface area contributed by atoms with Crippen LogP contribution < -0.4 is 0 Å². The molecular formula is C7H12O2S. The van der Waals surface area contributed by atoms with Crippen LogP contribution in [-0.2, 0) is 9.47 Å². The first kappa shape index (κ1) is 6.95. The van der Waals surface area contributed by atoms with Crippen molar-refractivity contribution in [3.8, 4) is 0 Å². The Bertz CT molecular complexity index is 92.2. The zero-order valence-electron chi connectivity index (χ0n) is 5.91. The van der Waals surface area contributed by atoms with Crippen LogP contribution >= 0.6 is 11.8 Å². The summed E-state index contributed by atoms with van der Waals surface area (Å²) >= 11 is 1.89. The van der Waals surface area contributed by atoms with Gasteiger partial charge < -0.3 is 9.47 Å². The smallest absolute Gasteiger partial charge is 0.129 e. The van der Waals surface area contributed by atoms with E-state index >= 15 is 0 Å². The molecule has 0 aromatic rings. The van der Waals surface area contributed by atoms with Crippen LogP contribution in [0.15, 0.2) is 0 Å². The minimum Gasteiger partial charge on any atom is -0.375 e. The number of hydrogen-bond donors (Lipinski definition) is 0. The van der Waals surface area contributed by atoms with E-state index in [0.717, 1.165) is 19.0 Å². The molecule has 0 saturated carbocycles. The lowest BCUT2D eigenvalue weighted by atomic mass is 10.2. The molecule has 0 aromatic carbocycles. The minimum absolute atomic E-state index is 0.350. The maximum Gasteiger partial charge on any atom is 0.129 e. The van der Waals surface area contributed by atoms with Crippen molar-refractivity contribution in [2.24, 2.45) is 0 Å². The van der Waals surface area contributed by atoms with Crippen molar-refractivity contribution in [3.63, 3.8) is 0 Å². The summed E-state index contributed by atoms with van der Waals surface area (Å²) in [5.41, 5.74) is 0.350. The van der Waals surface area contributed by atoms with E-state index in [0.29, 0.717) is 11.5 Å². The van der Waals surface area contributed by atoms with Gasteiger partial charge in [0.25, 0.3) is 0 Å². The summed E-state index contributed by atoms with van der Waals surface area (Å²) in [6.07, 6.45) is 2.80. The summed E-state index contributed by atoms with van der Waals surface area (Å²) in [5.74, 6) is 1.14. The van der Waals surface area contributed by atoms with Crippen molar-refractivity contribution in [2.75, 3.05) is 19.0 Å². The Morgan fingerprint density at radius 2 is 2.20 bits per heavy atom. The van der Waals surface area contributed by atoms with Crippen molar-refractivity contribution in [1.82, 2.24) is 0 Å². The summed E-state index contributed by atoms with van der Waals surface area (Å²) in [5, 5.41) is 0. The predicted octanol–water partition coefficient (Wildman–Crippen LogP) is 1.25. The quantitative estimate of drug-likeness (QED) is 0.575. The molecule has 0 N–H and O–H groups in total. The fourth-order valence-electron chi connectivity index (χ4n) is 1.41. The number of ether oxygens (including phenoxy) is 2. The molecule has 2 unspecified atom stereocenters. The lowest BCUT2D eigenvalue weighted by Gasteiger charge is -2.15. The highest BCUT2D eigenvalue weighted by atomic mass is 32.2. The van der Waals surface area contributed by atoms with Crippen LogP contribution in [0, 0.1) is 0 Å². The van der Waals surface area contributed by atoms with Crippen molar-refractivity contribution in [1.29, 1.82) is 0 Å². The molecular weight excluding hydrogens is 148 g/mol. The van der Waals surface area contributed by atoms with E-state index < -0.39 is 0 Å². The lowest BCUT2D eigenvalue weighted by molar-refractivity contribution is 0.0114. The highest BCUT2D eigenvalue weighted by molar-refractivity contribution is 8.00. The van der Waals surface area contributed by atoms with E-state index in [1.54, 1.807) is 0 Å². The van der Waals surface area contributed by atoms with Crippen molar-refractivity contribution in [3.05, 3.63) is 0 Å². The standard InChI is InChI=1S/C7H12O2S/c1-2-6(8-3-1)7-9-4-5-10-7/h6-7H,1-5H2. The first-order valence-corrected chi connectivity index (χ1v) is 4.86. The van der Waals surface area contributed by atoms with Crippen molar-refractivity contribution >= 4 is 11.8 Å². The Morgan fingerprint density at radius 1 is 1.20 bits per heavy atom. The van der Waals surface area contributed by atoms with Gasteiger partial charge in [0.15, 0.2) is 0 Å². The van der Waals surface area contributed by atoms with Crippen LogP contribution in [0.1, 0.15) is 12.8 Å². The summed E-state index contributed by atoms with van der Waals surface area (Å²) in [7, 11) is 0. The van der Waals surface area contributed by atoms with Gasteiger partial charge >= 0.3 is 0 Å². The third-order valence-corrected chi connectivity index (χ3v) is 3.09. The van der Waals surface area contributed by atoms with Gasteiger partial charge in [-0.2, -0.15) is 0 Å². The molecule has 2 saturated heterocycles. The van der Waals surface area contributed by atoms with Crippen LogP contribution in [0.5, 0.6) is 0 Å². The Kier molecular flexibility index (Phi) is 2.16. The second kappa shape index (κ2) is 3.11. The normalized spacial score (nSPS) is 40.8. The van der Waals surface area contributed by atoms with E-state index in [-0.39, 0.29) is 0 Å². The minimum atomic E-state index is 0.350. The van der Waals surface area contributed by atoms with Crippen molar-refractivity contribution in [2.45, 2.75) is 24.4 Å². The highest BCUT2D eigenvalue weighted by Crippen LogP contribution is 2.29. The predicted molar refractivity (Wildman–Crippen MR) is 41.2 cm³/mol. The van der Waals surface area contributed by atoms with E-state index in [2.05, 4.69) is 0 Å². The molecule has 2 aliphatic rings. The molecule has 0 radical (unpaired) electrons. The average molecular weight is 160 g/mol. The monoisotopic (exact) mass is 160 g/mol. The molecule has 0 bridgehead atoms. The maximum atomic E-state index is 5.49. The third kappa shape index (κ3) is 1.31. The molecule has 58 valence electrons. The number of thioether (sulfide) groups is 1. The van der Waals surface area contributed by atoms with E-state index in [1.165, 1.54) is 12.8 Å². The molecule has 3 heteroatoms. The molecule has 2 nitrogen and oxygen atoms in total. The molecule has 2 heterocycles. The molecule has 0 amide bonds. The van der Waals surface area contributed by atoms with Gasteiger partial charge in [-0.05, 0) is 12.8 Å². The van der Waals surface area contributed by atoms with Gasteiger partial charge in [-0.15, -0.1) is 11.8 Å². The van der Waals surface area contributed by atoms with Crippen LogP contribution in [0.4, 0.5) is 0 Å². The van der Waals surface area contributed by atoms with E-state index in [1.807, 2.05) is 11.8 Å². The third-order valence-electron chi connectivity index (χ3n) is 1.92. The lowest BCUT2D eigenvalue weighted by Crippen LogP contribution is -2.21. The molecule has 2 atom stereocenters. The molecule has 10 heavy (non-hydrogen) atoms. The summed E-state index contributed by atoms with van der Waals surface area (Å²) in [6, 6.07) is 0. The first-order valence-electron chi connectivity index (χ1n) is 3.81. The zero-order chi connectivity index (χ0) is 6.81. The Hall–Kier alpha value is 0.270. The second-order valence-corrected chi connectivity index (χ2v) is 3.87. The van der Waals surface area contributed by atoms with Gasteiger partial charge in [0.2, 0.25) is 0 Å². The van der Waals surface area contributed by atoms with Gasteiger partial charge in [-0.1, -0.05) is 0 Å². The number of rotatable bonds is 1. The van der Waals surface area contributed by atoms with Gasteiger partial charge in [-0.25, -0.2) is 0 Å². The Morgan fingerprint density at radius 3 is 2.80 bits per heavy atom. The molecule has 2 fully saturated rings. The van der Waals surface area contributed by atoms with Gasteiger partial charge in [-0.3, -0.25) is 0 Å². The molecule has 0 aromatic heterocycles. The van der Waals surface area contributed by atoms with Crippen LogP contribution in [0.25, 0.3) is 0 Å². The molecule has 0 aliphatic carbocycles. The second-order valence-electron chi connectivity index (χ2n) is 2.66. The largest absolute Gasteiger partial charge is 0.375 e. The van der Waals surface area contributed by atoms with Gasteiger partial charge in [0.1, 0.15) is 5.44 Å². The van der Waals surface area contributed by atoms with Gasteiger partial charge in [0, 0.05) is 12.4 Å². The molecule has 2 rings (SSSR count). The average Bonchev–Trinajstić information content (AvgIpc) is 2.59. The van der Waals surface area contributed by atoms with Crippen LogP contribution in [-0.4, -0.2) is 30.5 Å². The number of hydrogen-bond acceptors (Lipinski definition) is 3. The first-order chi connectivity index (χ1) is 4.97. The zero-order valence-corrected chi connectivity index (χ0v) is 6.73.